The molecular weight excluding hydrogens is 1090 g/mol. The summed E-state index contributed by atoms with van der Waals surface area (Å²) in [6, 6.07) is 36.2. The molecule has 4 amide bonds. The third-order valence-corrected chi connectivity index (χ3v) is 14.9. The first-order valence-corrected chi connectivity index (χ1v) is 29.1. The predicted octanol–water partition coefficient (Wildman–Crippen LogP) is 12.7. The maximum atomic E-state index is 13.9. The van der Waals surface area contributed by atoms with E-state index in [9.17, 15) is 29.4 Å². The van der Waals surface area contributed by atoms with Gasteiger partial charge in [0.2, 0.25) is 12.8 Å². The molecule has 15 heteroatoms. The molecule has 8 aromatic rings. The van der Waals surface area contributed by atoms with Crippen molar-refractivity contribution in [2.45, 2.75) is 130 Å². The normalized spacial score (nSPS) is 12.2. The maximum absolute atomic E-state index is 13.9. The third kappa shape index (κ3) is 17.7. The standard InChI is InChI=1S/C66H72N4O6.2C3H7NO.H2O/c1-63(2,3)49-25-41-21-45-29-51(65(7,8)9)31-47(61(45)75-37-57(71)69-53-33-39-17-13-15-19-55(39)67-35-53)23-43-27-50(64(4,5)6)28-44(60(43)74)24-48-32-52(66(10,11)12)30-46(22-42(26-49)59(41)73)62(48)76-38-58(72)70-54-34-40-18-14-16-20-56(40)68-36-54;2*1-4(2)3-5;/h13-20,25-36,73-74H,21-24,37-38H2,1-12H3,(H,69,71)(H,70,72);2*3H,1-2H3;1H2. The van der Waals surface area contributed by atoms with Gasteiger partial charge in [-0.25, -0.2) is 0 Å². The molecule has 0 fully saturated rings. The number of aromatic hydroxyl groups is 2. The summed E-state index contributed by atoms with van der Waals surface area (Å²) in [6.45, 7) is 25.4. The molecule has 6 N–H and O–H groups in total. The van der Waals surface area contributed by atoms with Crippen LogP contribution >= 0.6 is 0 Å². The molecule has 1 aliphatic rings. The molecule has 0 aliphatic heterocycles. The number of rotatable bonds is 10. The van der Waals surface area contributed by atoms with Crippen LogP contribution < -0.4 is 20.1 Å². The fraction of sp³-hybridized carbons (Fsp3) is 0.361. The van der Waals surface area contributed by atoms with Crippen molar-refractivity contribution in [3.05, 3.63) is 188 Å². The summed E-state index contributed by atoms with van der Waals surface area (Å²) >= 11 is 0. The minimum absolute atomic E-state index is 0. The number of ether oxygens (including phenoxy) is 2. The average molecular weight is 1180 g/mol. The smallest absolute Gasteiger partial charge is 0.262 e. The Morgan fingerprint density at radius 1 is 0.460 bits per heavy atom. The number of hydrogen-bond donors (Lipinski definition) is 4. The van der Waals surface area contributed by atoms with Gasteiger partial charge in [-0.2, -0.15) is 0 Å². The van der Waals surface area contributed by atoms with Gasteiger partial charge < -0.3 is 45.6 Å². The molecule has 2 heterocycles. The molecule has 87 heavy (non-hydrogen) atoms. The van der Waals surface area contributed by atoms with E-state index < -0.39 is 0 Å². The van der Waals surface area contributed by atoms with Crippen molar-refractivity contribution in [3.8, 4) is 23.0 Å². The molecule has 6 aromatic carbocycles. The summed E-state index contributed by atoms with van der Waals surface area (Å²) in [6.07, 6.45) is 5.87. The highest BCUT2D eigenvalue weighted by Gasteiger charge is 2.29. The highest BCUT2D eigenvalue weighted by molar-refractivity contribution is 5.95. The van der Waals surface area contributed by atoms with Gasteiger partial charge >= 0.3 is 0 Å². The van der Waals surface area contributed by atoms with Crippen molar-refractivity contribution in [1.82, 2.24) is 19.8 Å². The zero-order chi connectivity index (χ0) is 63.1. The zero-order valence-electron chi connectivity index (χ0n) is 53.6. The van der Waals surface area contributed by atoms with Gasteiger partial charge in [0, 0.05) is 64.6 Å². The third-order valence-electron chi connectivity index (χ3n) is 14.9. The SMILES string of the molecule is CC(C)(C)c1cc2c(O)c(c1)Cc1cc(C(C)(C)C)cc(c1OCC(=O)Nc1cnc3ccccc3c1)Cc1cc(C(C)(C)C)cc(c1O)Cc1cc(C(C)(C)C)cc(c1OCC(=O)Nc1cnc3ccccc3c1)C2.CN(C)C=O.CN(C)C=O.O. The molecule has 9 rings (SSSR count). The van der Waals surface area contributed by atoms with Crippen LogP contribution in [0, 0.1) is 0 Å². The van der Waals surface area contributed by atoms with Gasteiger partial charge in [0.25, 0.3) is 11.8 Å². The second-order valence-corrected chi connectivity index (χ2v) is 26.9. The van der Waals surface area contributed by atoms with Crippen LogP contribution in [0.2, 0.25) is 0 Å². The number of pyridine rings is 2. The summed E-state index contributed by atoms with van der Waals surface area (Å²) in [7, 11) is 6.75. The van der Waals surface area contributed by atoms with E-state index >= 15 is 0 Å². The number of amides is 4. The fourth-order valence-corrected chi connectivity index (χ4v) is 9.97. The van der Waals surface area contributed by atoms with Gasteiger partial charge in [0.05, 0.1) is 34.8 Å². The van der Waals surface area contributed by atoms with Crippen LogP contribution in [0.4, 0.5) is 11.4 Å². The Labute approximate surface area is 513 Å². The number of hydrogen-bond acceptors (Lipinski definition) is 10. The molecule has 0 saturated heterocycles. The number of phenols is 2. The monoisotopic (exact) mass is 1180 g/mol. The van der Waals surface area contributed by atoms with Gasteiger partial charge in [0.1, 0.15) is 23.0 Å². The number of carbonyl (C=O) groups excluding carboxylic acids is 4. The van der Waals surface area contributed by atoms with E-state index in [1.54, 1.807) is 40.6 Å². The molecule has 0 radical (unpaired) electrons. The second kappa shape index (κ2) is 27.7. The quantitative estimate of drug-likeness (QED) is 0.0950. The van der Waals surface area contributed by atoms with Crippen LogP contribution in [-0.4, -0.2) is 101 Å². The van der Waals surface area contributed by atoms with Crippen molar-refractivity contribution in [1.29, 1.82) is 0 Å². The number of nitrogens with one attached hydrogen (secondary N) is 2. The molecule has 15 nitrogen and oxygen atoms in total. The molecule has 460 valence electrons. The van der Waals surface area contributed by atoms with Crippen molar-refractivity contribution < 1.29 is 44.3 Å². The number of phenolic OH excluding ortho intramolecular Hbond substituents is 2. The van der Waals surface area contributed by atoms with Crippen molar-refractivity contribution in [3.63, 3.8) is 0 Å². The number of fused-ring (bicyclic) bond motifs is 10. The summed E-state index contributed by atoms with van der Waals surface area (Å²) < 4.78 is 13.5. The summed E-state index contributed by atoms with van der Waals surface area (Å²) in [5.74, 6) is 0.612. The predicted molar refractivity (Wildman–Crippen MR) is 350 cm³/mol. The fourth-order valence-electron chi connectivity index (χ4n) is 9.97. The van der Waals surface area contributed by atoms with Crippen molar-refractivity contribution >= 4 is 57.8 Å². The lowest BCUT2D eigenvalue weighted by atomic mass is 9.79. The lowest BCUT2D eigenvalue weighted by Gasteiger charge is -2.28. The van der Waals surface area contributed by atoms with Crippen LogP contribution in [-0.2, 0) is 66.5 Å². The van der Waals surface area contributed by atoms with Gasteiger partial charge in [-0.3, -0.25) is 29.1 Å². The van der Waals surface area contributed by atoms with E-state index in [1.807, 2.05) is 60.7 Å². The molecule has 0 atom stereocenters. The molecule has 1 aliphatic carbocycles. The van der Waals surface area contributed by atoms with E-state index in [0.717, 1.165) is 79.1 Å². The Hall–Kier alpha value is -8.82. The first-order valence-electron chi connectivity index (χ1n) is 29.1. The molecule has 2 aromatic heterocycles. The van der Waals surface area contributed by atoms with E-state index in [0.29, 0.717) is 45.1 Å². The summed E-state index contributed by atoms with van der Waals surface area (Å²) in [4.78, 5) is 58.7. The van der Waals surface area contributed by atoms with E-state index in [-0.39, 0.29) is 89.3 Å². The van der Waals surface area contributed by atoms with Crippen LogP contribution in [0.3, 0.4) is 0 Å². The Bertz CT molecular complexity index is 3440. The second-order valence-electron chi connectivity index (χ2n) is 26.9. The molecule has 0 unspecified atom stereocenters. The van der Waals surface area contributed by atoms with Crippen LogP contribution in [0.15, 0.2) is 122 Å². The highest BCUT2D eigenvalue weighted by atomic mass is 16.5. The van der Waals surface area contributed by atoms with Crippen molar-refractivity contribution in [2.24, 2.45) is 0 Å². The number of nitrogens with zero attached hydrogens (tertiary/aromatic N) is 4. The summed E-state index contributed by atoms with van der Waals surface area (Å²) in [5, 5.41) is 33.3. The van der Waals surface area contributed by atoms with Crippen molar-refractivity contribution in [2.75, 3.05) is 52.0 Å². The van der Waals surface area contributed by atoms with Crippen LogP contribution in [0.5, 0.6) is 23.0 Å². The first kappa shape index (κ1) is 67.3. The van der Waals surface area contributed by atoms with Gasteiger partial charge in [-0.1, -0.05) is 168 Å². The first-order chi connectivity index (χ1) is 40.3. The average Bonchev–Trinajstić information content (AvgIpc) is 0.964. The van der Waals surface area contributed by atoms with E-state index in [4.69, 9.17) is 9.47 Å². The number of anilines is 2. The molecular formula is C72H88N6O9. The zero-order valence-corrected chi connectivity index (χ0v) is 53.6. The number of benzene rings is 6. The molecule has 8 bridgehead atoms. The number of carbonyl (C=O) groups is 4. The molecule has 0 saturated carbocycles. The summed E-state index contributed by atoms with van der Waals surface area (Å²) in [5.41, 5.74) is 11.6. The Kier molecular flexibility index (Phi) is 21.4. The lowest BCUT2D eigenvalue weighted by Crippen LogP contribution is -2.22. The maximum Gasteiger partial charge on any atom is 0.262 e. The highest BCUT2D eigenvalue weighted by Crippen LogP contribution is 2.44. The number of aromatic nitrogens is 2. The van der Waals surface area contributed by atoms with Gasteiger partial charge in [0.15, 0.2) is 13.2 Å². The minimum atomic E-state index is -0.354. The van der Waals surface area contributed by atoms with E-state index in [2.05, 4.69) is 152 Å². The topological polar surface area (TPSA) is 215 Å². The molecule has 0 spiro atoms. The van der Waals surface area contributed by atoms with Crippen LogP contribution in [0.25, 0.3) is 21.8 Å². The van der Waals surface area contributed by atoms with Gasteiger partial charge in [-0.15, -0.1) is 0 Å². The van der Waals surface area contributed by atoms with Crippen LogP contribution in [0.1, 0.15) is 150 Å². The van der Waals surface area contributed by atoms with Gasteiger partial charge in [-0.05, 0) is 113 Å². The Morgan fingerprint density at radius 2 is 0.713 bits per heavy atom. The largest absolute Gasteiger partial charge is 0.507 e. The Balaban J connectivity index is 0.00000102. The lowest BCUT2D eigenvalue weighted by molar-refractivity contribution is -0.118. The minimum Gasteiger partial charge on any atom is -0.507 e. The number of para-hydroxylation sites is 2. The van der Waals surface area contributed by atoms with E-state index in [1.165, 1.54) is 9.80 Å². The Morgan fingerprint density at radius 3 is 0.966 bits per heavy atom.